The minimum Gasteiger partial charge on any atom is -0.454 e. The summed E-state index contributed by atoms with van der Waals surface area (Å²) in [6, 6.07) is 10.8. The van der Waals surface area contributed by atoms with Crippen LogP contribution in [0.5, 0.6) is 0 Å². The number of hydrogen-bond acceptors (Lipinski definition) is 3. The van der Waals surface area contributed by atoms with E-state index in [9.17, 15) is 9.59 Å². The minimum atomic E-state index is -0.465. The first-order valence-electron chi connectivity index (χ1n) is 9.88. The summed E-state index contributed by atoms with van der Waals surface area (Å²) in [5.74, 6) is 1.32. The SMILES string of the molecule is O=C1CCC[C@H]1OC(=O)C12C[C@H]3C[C@@H](C1)CC(c1ccccc1)(C3)C2. The Morgan fingerprint density at radius 3 is 2.40 bits per heavy atom. The molecule has 3 heteroatoms. The molecule has 25 heavy (non-hydrogen) atoms. The number of carbonyl (C=O) groups excluding carboxylic acids is 2. The number of hydrogen-bond donors (Lipinski definition) is 0. The molecule has 0 radical (unpaired) electrons. The zero-order valence-corrected chi connectivity index (χ0v) is 14.7. The van der Waals surface area contributed by atoms with Crippen LogP contribution in [-0.2, 0) is 19.7 Å². The van der Waals surface area contributed by atoms with Gasteiger partial charge in [0, 0.05) is 6.42 Å². The van der Waals surface area contributed by atoms with Crippen molar-refractivity contribution in [3.05, 3.63) is 35.9 Å². The molecule has 0 N–H and O–H groups in total. The van der Waals surface area contributed by atoms with Gasteiger partial charge in [-0.05, 0) is 74.2 Å². The van der Waals surface area contributed by atoms with Gasteiger partial charge in [-0.15, -0.1) is 0 Å². The van der Waals surface area contributed by atoms with Crippen LogP contribution in [0.3, 0.4) is 0 Å². The highest BCUT2D eigenvalue weighted by Crippen LogP contribution is 2.66. The average Bonchev–Trinajstić information content (AvgIpc) is 2.99. The van der Waals surface area contributed by atoms with E-state index >= 15 is 0 Å². The van der Waals surface area contributed by atoms with Gasteiger partial charge in [0.05, 0.1) is 5.41 Å². The van der Waals surface area contributed by atoms with E-state index < -0.39 is 6.10 Å². The maximum atomic E-state index is 13.2. The largest absolute Gasteiger partial charge is 0.454 e. The van der Waals surface area contributed by atoms with Gasteiger partial charge in [0.25, 0.3) is 0 Å². The Bertz CT molecular complexity index is 693. The molecular weight excluding hydrogens is 312 g/mol. The lowest BCUT2D eigenvalue weighted by Gasteiger charge is -2.61. The van der Waals surface area contributed by atoms with Gasteiger partial charge in [-0.3, -0.25) is 9.59 Å². The monoisotopic (exact) mass is 338 g/mol. The fourth-order valence-electron chi connectivity index (χ4n) is 6.79. The molecule has 5 aliphatic carbocycles. The fraction of sp³-hybridized carbons (Fsp3) is 0.636. The fourth-order valence-corrected chi connectivity index (χ4v) is 6.79. The Balaban J connectivity index is 1.46. The Morgan fingerprint density at radius 2 is 1.76 bits per heavy atom. The maximum Gasteiger partial charge on any atom is 0.312 e. The van der Waals surface area contributed by atoms with Crippen molar-refractivity contribution in [1.82, 2.24) is 0 Å². The molecule has 4 bridgehead atoms. The van der Waals surface area contributed by atoms with Gasteiger partial charge in [-0.25, -0.2) is 0 Å². The lowest BCUT2D eigenvalue weighted by Crippen LogP contribution is -2.57. The molecule has 1 aromatic carbocycles. The van der Waals surface area contributed by atoms with E-state index in [1.165, 1.54) is 24.8 Å². The summed E-state index contributed by atoms with van der Waals surface area (Å²) in [5, 5.41) is 0. The minimum absolute atomic E-state index is 0.0674. The van der Waals surface area contributed by atoms with Crippen LogP contribution in [-0.4, -0.2) is 17.9 Å². The van der Waals surface area contributed by atoms with Crippen molar-refractivity contribution in [3.8, 4) is 0 Å². The highest BCUT2D eigenvalue weighted by molar-refractivity contribution is 5.88. The second kappa shape index (κ2) is 5.43. The van der Waals surface area contributed by atoms with Gasteiger partial charge >= 0.3 is 5.97 Å². The van der Waals surface area contributed by atoms with E-state index in [-0.39, 0.29) is 22.6 Å². The van der Waals surface area contributed by atoms with E-state index in [0.717, 1.165) is 32.1 Å². The summed E-state index contributed by atoms with van der Waals surface area (Å²) >= 11 is 0. The first-order chi connectivity index (χ1) is 12.1. The van der Waals surface area contributed by atoms with Crippen molar-refractivity contribution in [3.63, 3.8) is 0 Å². The lowest BCUT2D eigenvalue weighted by atomic mass is 9.43. The quantitative estimate of drug-likeness (QED) is 0.776. The molecule has 1 aromatic rings. The maximum absolute atomic E-state index is 13.2. The zero-order chi connectivity index (χ0) is 17.1. The normalized spacial score (nSPS) is 41.9. The van der Waals surface area contributed by atoms with Crippen molar-refractivity contribution in [2.24, 2.45) is 17.3 Å². The number of Topliss-reactive ketones (excluding diaryl/α,β-unsaturated/α-hetero) is 1. The predicted octanol–water partition coefficient (Wildman–Crippen LogP) is 4.19. The van der Waals surface area contributed by atoms with Crippen molar-refractivity contribution in [1.29, 1.82) is 0 Å². The topological polar surface area (TPSA) is 43.4 Å². The molecule has 5 saturated carbocycles. The summed E-state index contributed by atoms with van der Waals surface area (Å²) in [7, 11) is 0. The lowest BCUT2D eigenvalue weighted by molar-refractivity contribution is -0.180. The third kappa shape index (κ3) is 2.38. The molecule has 0 spiro atoms. The first-order valence-corrected chi connectivity index (χ1v) is 9.88. The highest BCUT2D eigenvalue weighted by atomic mass is 16.5. The van der Waals surface area contributed by atoms with Crippen LogP contribution in [0.2, 0.25) is 0 Å². The van der Waals surface area contributed by atoms with E-state index in [1.807, 2.05) is 0 Å². The Hall–Kier alpha value is -1.64. The van der Waals surface area contributed by atoms with Crippen LogP contribution in [0.15, 0.2) is 30.3 Å². The Labute approximate surface area is 149 Å². The molecular formula is C22H26O3. The molecule has 2 unspecified atom stereocenters. The van der Waals surface area contributed by atoms with Gasteiger partial charge in [0.15, 0.2) is 11.9 Å². The molecule has 5 fully saturated rings. The van der Waals surface area contributed by atoms with Crippen LogP contribution in [0.4, 0.5) is 0 Å². The molecule has 0 heterocycles. The van der Waals surface area contributed by atoms with E-state index in [4.69, 9.17) is 4.74 Å². The molecule has 5 aliphatic rings. The zero-order valence-electron chi connectivity index (χ0n) is 14.7. The Kier molecular flexibility index (Phi) is 3.39. The molecule has 0 aromatic heterocycles. The molecule has 6 rings (SSSR count). The third-order valence-corrected chi connectivity index (χ3v) is 7.38. The summed E-state index contributed by atoms with van der Waals surface area (Å²) in [4.78, 5) is 25.1. The molecule has 3 nitrogen and oxygen atoms in total. The number of ketones is 1. The summed E-state index contributed by atoms with van der Waals surface area (Å²) < 4.78 is 5.80. The number of esters is 1. The van der Waals surface area contributed by atoms with Crippen molar-refractivity contribution < 1.29 is 14.3 Å². The smallest absolute Gasteiger partial charge is 0.312 e. The van der Waals surface area contributed by atoms with Crippen LogP contribution in [0, 0.1) is 17.3 Å². The number of carbonyl (C=O) groups is 2. The molecule has 5 atom stereocenters. The van der Waals surface area contributed by atoms with Gasteiger partial charge in [-0.2, -0.15) is 0 Å². The van der Waals surface area contributed by atoms with E-state index in [1.54, 1.807) is 0 Å². The summed E-state index contributed by atoms with van der Waals surface area (Å²) in [5.41, 5.74) is 1.20. The van der Waals surface area contributed by atoms with Crippen molar-refractivity contribution in [2.45, 2.75) is 69.3 Å². The van der Waals surface area contributed by atoms with Gasteiger partial charge in [0.1, 0.15) is 0 Å². The van der Waals surface area contributed by atoms with Gasteiger partial charge < -0.3 is 4.74 Å². The second-order valence-electron chi connectivity index (χ2n) is 9.14. The molecule has 132 valence electrons. The first kappa shape index (κ1) is 15.6. The molecule has 0 amide bonds. The van der Waals surface area contributed by atoms with Crippen LogP contribution >= 0.6 is 0 Å². The standard InChI is InChI=1S/C22H26O3/c23-18-7-4-8-19(18)25-20(24)22-12-15-9-16(13-22)11-21(10-15,14-22)17-5-2-1-3-6-17/h1-3,5-6,15-16,19H,4,7-14H2/t15-,16+,19-,21?,22?/m1/s1. The second-order valence-corrected chi connectivity index (χ2v) is 9.14. The number of ether oxygens (including phenoxy) is 1. The van der Waals surface area contributed by atoms with Crippen LogP contribution in [0.1, 0.15) is 63.4 Å². The average molecular weight is 338 g/mol. The number of benzene rings is 1. The van der Waals surface area contributed by atoms with E-state index in [2.05, 4.69) is 30.3 Å². The third-order valence-electron chi connectivity index (χ3n) is 7.38. The Morgan fingerprint density at radius 1 is 1.04 bits per heavy atom. The molecule has 0 aliphatic heterocycles. The summed E-state index contributed by atoms with van der Waals surface area (Å²) in [6.07, 6.45) is 8.24. The van der Waals surface area contributed by atoms with Crippen LogP contribution < -0.4 is 0 Å². The van der Waals surface area contributed by atoms with Gasteiger partial charge in [-0.1, -0.05) is 30.3 Å². The summed E-state index contributed by atoms with van der Waals surface area (Å²) in [6.45, 7) is 0. The van der Waals surface area contributed by atoms with Gasteiger partial charge in [0.2, 0.25) is 0 Å². The number of rotatable bonds is 3. The van der Waals surface area contributed by atoms with Crippen molar-refractivity contribution >= 4 is 11.8 Å². The van der Waals surface area contributed by atoms with Crippen molar-refractivity contribution in [2.75, 3.05) is 0 Å². The highest BCUT2D eigenvalue weighted by Gasteiger charge is 2.62. The molecule has 0 saturated heterocycles. The predicted molar refractivity (Wildman–Crippen MR) is 94.0 cm³/mol. The van der Waals surface area contributed by atoms with E-state index in [0.29, 0.717) is 18.3 Å². The van der Waals surface area contributed by atoms with Crippen LogP contribution in [0.25, 0.3) is 0 Å².